The summed E-state index contributed by atoms with van der Waals surface area (Å²) < 4.78 is 10.9. The maximum absolute atomic E-state index is 13.3. The Kier molecular flexibility index (Phi) is 7.85. The Balaban J connectivity index is 1.85. The lowest BCUT2D eigenvalue weighted by Gasteiger charge is -2.31. The first-order valence-corrected chi connectivity index (χ1v) is 10.5. The summed E-state index contributed by atoms with van der Waals surface area (Å²) in [5.74, 6) is 0.486. The zero-order valence-electron chi connectivity index (χ0n) is 17.7. The van der Waals surface area contributed by atoms with Gasteiger partial charge < -0.3 is 19.7 Å². The molecule has 160 valence electrons. The summed E-state index contributed by atoms with van der Waals surface area (Å²) >= 11 is 0. The highest BCUT2D eigenvalue weighted by molar-refractivity contribution is 5.88. The third-order valence-electron chi connectivity index (χ3n) is 5.34. The van der Waals surface area contributed by atoms with Crippen LogP contribution in [-0.2, 0) is 20.9 Å². The predicted octanol–water partition coefficient (Wildman–Crippen LogP) is 3.47. The van der Waals surface area contributed by atoms with Gasteiger partial charge in [-0.05, 0) is 36.1 Å². The minimum Gasteiger partial charge on any atom is -0.497 e. The van der Waals surface area contributed by atoms with Crippen LogP contribution in [0, 0.1) is 0 Å². The molecule has 2 aromatic carbocycles. The number of methoxy groups -OCH3 is 1. The van der Waals surface area contributed by atoms with Crippen LogP contribution < -0.4 is 10.1 Å². The lowest BCUT2D eigenvalue weighted by atomic mass is 10.0. The van der Waals surface area contributed by atoms with E-state index in [1.165, 1.54) is 0 Å². The van der Waals surface area contributed by atoms with Crippen molar-refractivity contribution in [2.24, 2.45) is 0 Å². The number of hydrogen-bond donors (Lipinski definition) is 1. The van der Waals surface area contributed by atoms with Gasteiger partial charge in [0.25, 0.3) is 0 Å². The number of benzene rings is 2. The van der Waals surface area contributed by atoms with E-state index in [0.717, 1.165) is 36.3 Å². The molecule has 6 nitrogen and oxygen atoms in total. The maximum atomic E-state index is 13.3. The number of amides is 2. The molecule has 1 aliphatic heterocycles. The van der Waals surface area contributed by atoms with E-state index in [1.54, 1.807) is 12.0 Å². The van der Waals surface area contributed by atoms with Crippen molar-refractivity contribution in [2.75, 3.05) is 20.3 Å². The van der Waals surface area contributed by atoms with Gasteiger partial charge in [-0.2, -0.15) is 0 Å². The Morgan fingerprint density at radius 2 is 1.90 bits per heavy atom. The predicted molar refractivity (Wildman–Crippen MR) is 115 cm³/mol. The van der Waals surface area contributed by atoms with Crippen molar-refractivity contribution in [3.8, 4) is 5.75 Å². The van der Waals surface area contributed by atoms with Crippen LogP contribution in [0.1, 0.15) is 43.4 Å². The molecule has 2 aromatic rings. The third kappa shape index (κ3) is 5.60. The van der Waals surface area contributed by atoms with Crippen molar-refractivity contribution in [1.82, 2.24) is 10.2 Å². The number of carbonyl (C=O) groups is 2. The van der Waals surface area contributed by atoms with E-state index in [-0.39, 0.29) is 17.9 Å². The Morgan fingerprint density at radius 3 is 2.50 bits per heavy atom. The molecule has 0 aromatic heterocycles. The average molecular weight is 411 g/mol. The molecule has 2 unspecified atom stereocenters. The standard InChI is InChI=1S/C24H30N2O4/c1-3-22(27)26(17-18-11-13-20(29-2)14-12-18)23(19-8-5-4-6-9-19)24(28)25-16-21-10-7-15-30-21/h4-6,8-9,11-14,21,23H,3,7,10,15-17H2,1-2H3,(H,25,28). The minimum absolute atomic E-state index is 0.0438. The van der Waals surface area contributed by atoms with Crippen molar-refractivity contribution in [3.05, 3.63) is 65.7 Å². The minimum atomic E-state index is -0.706. The molecule has 6 heteroatoms. The van der Waals surface area contributed by atoms with Gasteiger partial charge in [0.2, 0.25) is 11.8 Å². The van der Waals surface area contributed by atoms with Crippen molar-refractivity contribution in [2.45, 2.75) is 44.9 Å². The molecule has 1 N–H and O–H groups in total. The highest BCUT2D eigenvalue weighted by Crippen LogP contribution is 2.25. The molecule has 0 spiro atoms. The van der Waals surface area contributed by atoms with Gasteiger partial charge in [0, 0.05) is 26.1 Å². The van der Waals surface area contributed by atoms with Crippen LogP contribution >= 0.6 is 0 Å². The first kappa shape index (κ1) is 21.8. The first-order valence-electron chi connectivity index (χ1n) is 10.5. The van der Waals surface area contributed by atoms with Gasteiger partial charge in [-0.15, -0.1) is 0 Å². The van der Waals surface area contributed by atoms with Crippen LogP contribution in [0.4, 0.5) is 0 Å². The number of rotatable bonds is 9. The molecule has 1 aliphatic rings. The topological polar surface area (TPSA) is 67.9 Å². The van der Waals surface area contributed by atoms with Gasteiger partial charge >= 0.3 is 0 Å². The summed E-state index contributed by atoms with van der Waals surface area (Å²) in [7, 11) is 1.62. The second-order valence-corrected chi connectivity index (χ2v) is 7.42. The Morgan fingerprint density at radius 1 is 1.17 bits per heavy atom. The van der Waals surface area contributed by atoms with Crippen molar-refractivity contribution in [3.63, 3.8) is 0 Å². The first-order chi connectivity index (χ1) is 14.6. The Bertz CT molecular complexity index is 817. The molecule has 1 fully saturated rings. The number of carbonyl (C=O) groups excluding carboxylic acids is 2. The van der Waals surface area contributed by atoms with E-state index in [2.05, 4.69) is 5.32 Å². The van der Waals surface area contributed by atoms with Crippen LogP contribution in [-0.4, -0.2) is 43.1 Å². The van der Waals surface area contributed by atoms with Gasteiger partial charge in [0.15, 0.2) is 0 Å². The number of ether oxygens (including phenoxy) is 2. The van der Waals surface area contributed by atoms with E-state index < -0.39 is 6.04 Å². The van der Waals surface area contributed by atoms with E-state index >= 15 is 0 Å². The molecule has 0 bridgehead atoms. The quantitative estimate of drug-likeness (QED) is 0.687. The summed E-state index contributed by atoms with van der Waals surface area (Å²) in [6.45, 7) is 3.35. The van der Waals surface area contributed by atoms with Crippen LogP contribution in [0.15, 0.2) is 54.6 Å². The van der Waals surface area contributed by atoms with Crippen molar-refractivity contribution in [1.29, 1.82) is 0 Å². The lowest BCUT2D eigenvalue weighted by Crippen LogP contribution is -2.44. The molecule has 2 atom stereocenters. The fourth-order valence-corrected chi connectivity index (χ4v) is 3.68. The maximum Gasteiger partial charge on any atom is 0.247 e. The molecule has 1 heterocycles. The zero-order valence-corrected chi connectivity index (χ0v) is 17.7. The smallest absolute Gasteiger partial charge is 0.247 e. The molecular formula is C24H30N2O4. The third-order valence-corrected chi connectivity index (χ3v) is 5.34. The number of nitrogens with one attached hydrogen (secondary N) is 1. The summed E-state index contributed by atoms with van der Waals surface area (Å²) in [4.78, 5) is 27.8. The largest absolute Gasteiger partial charge is 0.497 e. The van der Waals surface area contributed by atoms with Gasteiger partial charge in [-0.3, -0.25) is 9.59 Å². The van der Waals surface area contributed by atoms with Gasteiger partial charge in [0.1, 0.15) is 11.8 Å². The molecule has 0 saturated carbocycles. The van der Waals surface area contributed by atoms with E-state index in [4.69, 9.17) is 9.47 Å². The second-order valence-electron chi connectivity index (χ2n) is 7.42. The van der Waals surface area contributed by atoms with Crippen molar-refractivity contribution >= 4 is 11.8 Å². The van der Waals surface area contributed by atoms with Gasteiger partial charge in [-0.1, -0.05) is 49.4 Å². The highest BCUT2D eigenvalue weighted by Gasteiger charge is 2.31. The van der Waals surface area contributed by atoms with Crippen LogP contribution in [0.2, 0.25) is 0 Å². The highest BCUT2D eigenvalue weighted by atomic mass is 16.5. The lowest BCUT2D eigenvalue weighted by molar-refractivity contribution is -0.141. The normalized spacial score (nSPS) is 16.7. The van der Waals surface area contributed by atoms with E-state index in [0.29, 0.717) is 19.5 Å². The molecule has 1 saturated heterocycles. The van der Waals surface area contributed by atoms with Crippen LogP contribution in [0.3, 0.4) is 0 Å². The summed E-state index contributed by atoms with van der Waals surface area (Å²) in [6, 6.07) is 16.3. The fourth-order valence-electron chi connectivity index (χ4n) is 3.68. The zero-order chi connectivity index (χ0) is 21.3. The molecule has 2 amide bonds. The van der Waals surface area contributed by atoms with Crippen molar-refractivity contribution < 1.29 is 19.1 Å². The monoisotopic (exact) mass is 410 g/mol. The summed E-state index contributed by atoms with van der Waals surface area (Å²) in [5.41, 5.74) is 1.73. The Hall–Kier alpha value is -2.86. The molecule has 30 heavy (non-hydrogen) atoms. The van der Waals surface area contributed by atoms with Gasteiger partial charge in [0.05, 0.1) is 13.2 Å². The molecule has 3 rings (SSSR count). The molecule has 0 aliphatic carbocycles. The summed E-state index contributed by atoms with van der Waals surface area (Å²) in [5, 5.41) is 3.01. The fraction of sp³-hybridized carbons (Fsp3) is 0.417. The summed E-state index contributed by atoms with van der Waals surface area (Å²) in [6.07, 6.45) is 2.32. The van der Waals surface area contributed by atoms with Crippen LogP contribution in [0.5, 0.6) is 5.75 Å². The SMILES string of the molecule is CCC(=O)N(Cc1ccc(OC)cc1)C(C(=O)NCC1CCCO1)c1ccccc1. The molecular weight excluding hydrogens is 380 g/mol. The Labute approximate surface area is 178 Å². The van der Waals surface area contributed by atoms with E-state index in [1.807, 2.05) is 61.5 Å². The van der Waals surface area contributed by atoms with Crippen LogP contribution in [0.25, 0.3) is 0 Å². The molecule has 0 radical (unpaired) electrons. The van der Waals surface area contributed by atoms with Gasteiger partial charge in [-0.25, -0.2) is 0 Å². The van der Waals surface area contributed by atoms with E-state index in [9.17, 15) is 9.59 Å². The second kappa shape index (κ2) is 10.8. The number of nitrogens with zero attached hydrogens (tertiary/aromatic N) is 1. The number of hydrogen-bond acceptors (Lipinski definition) is 4. The average Bonchev–Trinajstić information content (AvgIpc) is 3.31.